The summed E-state index contributed by atoms with van der Waals surface area (Å²) in [5.74, 6) is 0.731. The minimum atomic E-state index is -4.37. The van der Waals surface area contributed by atoms with Crippen LogP contribution in [0.25, 0.3) is 10.8 Å². The molecule has 1 fully saturated rings. The number of nitrogens with zero attached hydrogens (tertiary/aromatic N) is 1. The Labute approximate surface area is 164 Å². The molecule has 0 unspecified atom stereocenters. The van der Waals surface area contributed by atoms with E-state index in [2.05, 4.69) is 5.32 Å². The van der Waals surface area contributed by atoms with E-state index < -0.39 is 11.7 Å². The van der Waals surface area contributed by atoms with Crippen LogP contribution in [-0.2, 0) is 6.18 Å². The SMILES string of the molecule is O=C(Nc1cccc2ccccc12)N1CCS[C@H]1c1ccc(C(F)(F)F)cc1. The zero-order valence-electron chi connectivity index (χ0n) is 14.7. The van der Waals surface area contributed by atoms with Crippen LogP contribution in [0.4, 0.5) is 23.7 Å². The van der Waals surface area contributed by atoms with Gasteiger partial charge < -0.3 is 10.2 Å². The molecule has 1 aliphatic rings. The van der Waals surface area contributed by atoms with Crippen LogP contribution in [0.3, 0.4) is 0 Å². The highest BCUT2D eigenvalue weighted by atomic mass is 32.2. The number of carbonyl (C=O) groups is 1. The molecule has 7 heteroatoms. The quantitative estimate of drug-likeness (QED) is 0.559. The third kappa shape index (κ3) is 3.67. The topological polar surface area (TPSA) is 32.3 Å². The minimum absolute atomic E-state index is 0.258. The van der Waals surface area contributed by atoms with E-state index >= 15 is 0 Å². The molecule has 1 aliphatic heterocycles. The van der Waals surface area contributed by atoms with Gasteiger partial charge in [0.1, 0.15) is 5.37 Å². The number of hydrogen-bond donors (Lipinski definition) is 1. The van der Waals surface area contributed by atoms with Gasteiger partial charge in [-0.2, -0.15) is 13.2 Å². The van der Waals surface area contributed by atoms with E-state index in [0.29, 0.717) is 17.8 Å². The van der Waals surface area contributed by atoms with Crippen molar-refractivity contribution in [3.8, 4) is 0 Å². The molecule has 4 rings (SSSR count). The summed E-state index contributed by atoms with van der Waals surface area (Å²) in [7, 11) is 0. The summed E-state index contributed by atoms with van der Waals surface area (Å²) in [6, 6.07) is 18.2. The summed E-state index contributed by atoms with van der Waals surface area (Å²) in [5, 5.41) is 4.61. The normalized spacial score (nSPS) is 17.1. The first-order valence-electron chi connectivity index (χ1n) is 8.77. The molecule has 0 spiro atoms. The van der Waals surface area contributed by atoms with Crippen LogP contribution in [0.2, 0.25) is 0 Å². The van der Waals surface area contributed by atoms with Crippen molar-refractivity contribution in [2.75, 3.05) is 17.6 Å². The summed E-state index contributed by atoms with van der Waals surface area (Å²) in [4.78, 5) is 14.6. The zero-order valence-corrected chi connectivity index (χ0v) is 15.6. The van der Waals surface area contributed by atoms with Gasteiger partial charge >= 0.3 is 12.2 Å². The molecular weight excluding hydrogens is 385 g/mol. The summed E-state index contributed by atoms with van der Waals surface area (Å²) < 4.78 is 38.4. The van der Waals surface area contributed by atoms with E-state index in [0.717, 1.165) is 28.7 Å². The van der Waals surface area contributed by atoms with E-state index in [1.165, 1.54) is 12.1 Å². The second kappa shape index (κ2) is 7.39. The third-order valence-corrected chi connectivity index (χ3v) is 5.97. The molecule has 0 aromatic heterocycles. The molecule has 1 atom stereocenters. The first kappa shape index (κ1) is 18.7. The lowest BCUT2D eigenvalue weighted by Crippen LogP contribution is -2.34. The van der Waals surface area contributed by atoms with Gasteiger partial charge in [-0.3, -0.25) is 0 Å². The molecule has 144 valence electrons. The van der Waals surface area contributed by atoms with Gasteiger partial charge in [-0.15, -0.1) is 11.8 Å². The lowest BCUT2D eigenvalue weighted by atomic mass is 10.1. The highest BCUT2D eigenvalue weighted by molar-refractivity contribution is 7.99. The molecule has 0 aliphatic carbocycles. The number of alkyl halides is 3. The second-order valence-corrected chi connectivity index (χ2v) is 7.68. The van der Waals surface area contributed by atoms with Gasteiger partial charge in [-0.25, -0.2) is 4.79 Å². The van der Waals surface area contributed by atoms with Crippen LogP contribution in [0.5, 0.6) is 0 Å². The van der Waals surface area contributed by atoms with E-state index in [-0.39, 0.29) is 11.4 Å². The standard InChI is InChI=1S/C21H17F3N2OS/c22-21(23,24)16-10-8-15(9-11-16)19-26(12-13-28-19)20(27)25-18-7-3-5-14-4-1-2-6-17(14)18/h1-11,19H,12-13H2,(H,25,27)/t19-/m0/s1. The maximum atomic E-state index is 12.9. The number of benzene rings is 3. The van der Waals surface area contributed by atoms with Crippen LogP contribution in [0.15, 0.2) is 66.7 Å². The van der Waals surface area contributed by atoms with Crippen LogP contribution < -0.4 is 5.32 Å². The average molecular weight is 402 g/mol. The van der Waals surface area contributed by atoms with Gasteiger partial charge in [0, 0.05) is 17.7 Å². The molecule has 1 saturated heterocycles. The summed E-state index contributed by atoms with van der Waals surface area (Å²) in [5.41, 5.74) is 0.709. The van der Waals surface area contributed by atoms with Crippen LogP contribution in [0, 0.1) is 0 Å². The molecule has 0 bridgehead atoms. The Bertz CT molecular complexity index is 999. The number of amides is 2. The van der Waals surface area contributed by atoms with Crippen molar-refractivity contribution in [2.45, 2.75) is 11.6 Å². The summed E-state index contributed by atoms with van der Waals surface area (Å²) in [6.07, 6.45) is -4.37. The number of urea groups is 1. The van der Waals surface area contributed by atoms with Gasteiger partial charge in [0.25, 0.3) is 0 Å². The van der Waals surface area contributed by atoms with Crippen molar-refractivity contribution < 1.29 is 18.0 Å². The van der Waals surface area contributed by atoms with Gasteiger partial charge in [-0.1, -0.05) is 48.5 Å². The van der Waals surface area contributed by atoms with Crippen molar-refractivity contribution >= 4 is 34.3 Å². The number of fused-ring (bicyclic) bond motifs is 1. The summed E-state index contributed by atoms with van der Waals surface area (Å²) >= 11 is 1.54. The first-order valence-corrected chi connectivity index (χ1v) is 9.82. The van der Waals surface area contributed by atoms with Crippen LogP contribution in [-0.4, -0.2) is 23.2 Å². The van der Waals surface area contributed by atoms with Crippen molar-refractivity contribution in [1.29, 1.82) is 0 Å². The maximum absolute atomic E-state index is 12.9. The van der Waals surface area contributed by atoms with Gasteiger partial charge in [0.15, 0.2) is 0 Å². The number of hydrogen-bond acceptors (Lipinski definition) is 2. The number of carbonyl (C=O) groups excluding carboxylic acids is 1. The Morgan fingerprint density at radius 3 is 2.46 bits per heavy atom. The molecule has 3 nitrogen and oxygen atoms in total. The molecule has 1 heterocycles. The van der Waals surface area contributed by atoms with Gasteiger partial charge in [0.2, 0.25) is 0 Å². The zero-order chi connectivity index (χ0) is 19.7. The van der Waals surface area contributed by atoms with E-state index in [1.807, 2.05) is 42.5 Å². The Balaban J connectivity index is 1.55. The second-order valence-electron chi connectivity index (χ2n) is 6.49. The largest absolute Gasteiger partial charge is 0.416 e. The summed E-state index contributed by atoms with van der Waals surface area (Å²) in [6.45, 7) is 0.535. The molecular formula is C21H17F3N2OS. The Kier molecular flexibility index (Phi) is 4.93. The molecule has 3 aromatic carbocycles. The Morgan fingerprint density at radius 2 is 1.71 bits per heavy atom. The monoisotopic (exact) mass is 402 g/mol. The smallest absolute Gasteiger partial charge is 0.308 e. The lowest BCUT2D eigenvalue weighted by Gasteiger charge is -2.25. The molecule has 2 amide bonds. The highest BCUT2D eigenvalue weighted by Crippen LogP contribution is 2.39. The highest BCUT2D eigenvalue weighted by Gasteiger charge is 2.33. The number of rotatable bonds is 2. The number of nitrogens with one attached hydrogen (secondary N) is 1. The lowest BCUT2D eigenvalue weighted by molar-refractivity contribution is -0.137. The average Bonchev–Trinajstić information content (AvgIpc) is 3.18. The van der Waals surface area contributed by atoms with Gasteiger partial charge in [-0.05, 0) is 29.1 Å². The van der Waals surface area contributed by atoms with Crippen molar-refractivity contribution in [3.05, 3.63) is 77.9 Å². The van der Waals surface area contributed by atoms with Crippen molar-refractivity contribution in [3.63, 3.8) is 0 Å². The maximum Gasteiger partial charge on any atom is 0.416 e. The van der Waals surface area contributed by atoms with Crippen LogP contribution >= 0.6 is 11.8 Å². The van der Waals surface area contributed by atoms with E-state index in [9.17, 15) is 18.0 Å². The minimum Gasteiger partial charge on any atom is -0.308 e. The number of halogens is 3. The fraction of sp³-hybridized carbons (Fsp3) is 0.190. The Morgan fingerprint density at radius 1 is 1.00 bits per heavy atom. The van der Waals surface area contributed by atoms with Crippen molar-refractivity contribution in [1.82, 2.24) is 4.90 Å². The number of anilines is 1. The van der Waals surface area contributed by atoms with Gasteiger partial charge in [0.05, 0.1) is 11.3 Å². The third-order valence-electron chi connectivity index (χ3n) is 4.71. The molecule has 0 saturated carbocycles. The molecule has 3 aromatic rings. The van der Waals surface area contributed by atoms with E-state index in [1.54, 1.807) is 16.7 Å². The predicted octanol–water partition coefficient (Wildman–Crippen LogP) is 6.14. The fourth-order valence-corrected chi connectivity index (χ4v) is 4.57. The molecule has 0 radical (unpaired) electrons. The Hall–Kier alpha value is -2.67. The predicted molar refractivity (Wildman–Crippen MR) is 106 cm³/mol. The van der Waals surface area contributed by atoms with E-state index in [4.69, 9.17) is 0 Å². The van der Waals surface area contributed by atoms with Crippen molar-refractivity contribution in [2.24, 2.45) is 0 Å². The van der Waals surface area contributed by atoms with Crippen LogP contribution in [0.1, 0.15) is 16.5 Å². The fourth-order valence-electron chi connectivity index (χ4n) is 3.31. The first-order chi connectivity index (χ1) is 13.4. The molecule has 28 heavy (non-hydrogen) atoms. The number of thioether (sulfide) groups is 1. The molecule has 1 N–H and O–H groups in total.